The fourth-order valence-corrected chi connectivity index (χ4v) is 4.81. The molecule has 110 valence electrons. The molecule has 1 aromatic heterocycles. The Balaban J connectivity index is 1.41. The monoisotopic (exact) mass is 293 g/mol. The van der Waals surface area contributed by atoms with E-state index in [9.17, 15) is 4.79 Å². The second kappa shape index (κ2) is 6.27. The summed E-state index contributed by atoms with van der Waals surface area (Å²) in [7, 11) is 1.44. The molecule has 0 saturated heterocycles. The summed E-state index contributed by atoms with van der Waals surface area (Å²) in [5.74, 6) is 2.77. The van der Waals surface area contributed by atoms with Crippen molar-refractivity contribution in [3.05, 3.63) is 21.9 Å². The molecule has 1 aromatic rings. The Bertz CT molecular complexity index is 471. The van der Waals surface area contributed by atoms with E-state index in [1.54, 1.807) is 11.3 Å². The fourth-order valence-electron chi connectivity index (χ4n) is 3.83. The largest absolute Gasteiger partial charge is 0.469 e. The summed E-state index contributed by atoms with van der Waals surface area (Å²) in [4.78, 5) is 13.6. The van der Waals surface area contributed by atoms with Gasteiger partial charge in [-0.25, -0.2) is 0 Å². The smallest absolute Gasteiger partial charge is 0.310 e. The van der Waals surface area contributed by atoms with Crippen molar-refractivity contribution in [2.24, 2.45) is 17.8 Å². The molecule has 2 saturated carbocycles. The molecule has 0 radical (unpaired) electrons. The van der Waals surface area contributed by atoms with E-state index in [1.165, 1.54) is 37.7 Å². The van der Waals surface area contributed by atoms with Crippen LogP contribution in [0.5, 0.6) is 0 Å². The van der Waals surface area contributed by atoms with Crippen LogP contribution < -0.4 is 5.32 Å². The average molecular weight is 293 g/mol. The highest BCUT2D eigenvalue weighted by atomic mass is 32.1. The van der Waals surface area contributed by atoms with Gasteiger partial charge in [-0.05, 0) is 55.7 Å². The zero-order chi connectivity index (χ0) is 13.9. The van der Waals surface area contributed by atoms with Crippen molar-refractivity contribution in [2.75, 3.05) is 13.7 Å². The molecule has 2 fully saturated rings. The van der Waals surface area contributed by atoms with Crippen molar-refractivity contribution in [1.82, 2.24) is 5.32 Å². The summed E-state index contributed by atoms with van der Waals surface area (Å²) < 4.78 is 4.69. The van der Waals surface area contributed by atoms with E-state index in [1.807, 2.05) is 6.07 Å². The molecule has 3 unspecified atom stereocenters. The first-order valence-electron chi connectivity index (χ1n) is 7.59. The third-order valence-electron chi connectivity index (χ3n) is 4.85. The number of rotatable bonds is 6. The number of carbonyl (C=O) groups excluding carboxylic acids is 1. The number of fused-ring (bicyclic) bond motifs is 2. The molecule has 1 heterocycles. The lowest BCUT2D eigenvalue weighted by molar-refractivity contribution is -0.139. The molecular formula is C16H23NO2S. The summed E-state index contributed by atoms with van der Waals surface area (Å²) in [5.41, 5.74) is 0. The third kappa shape index (κ3) is 3.23. The van der Waals surface area contributed by atoms with Gasteiger partial charge in [0.15, 0.2) is 0 Å². The minimum Gasteiger partial charge on any atom is -0.469 e. The van der Waals surface area contributed by atoms with Crippen LogP contribution in [0.15, 0.2) is 12.1 Å². The Morgan fingerprint density at radius 3 is 2.90 bits per heavy atom. The highest BCUT2D eigenvalue weighted by molar-refractivity contribution is 7.12. The zero-order valence-electron chi connectivity index (χ0n) is 12.1. The Labute approximate surface area is 124 Å². The molecule has 0 amide bonds. The second-order valence-electron chi connectivity index (χ2n) is 6.19. The second-order valence-corrected chi connectivity index (χ2v) is 7.44. The van der Waals surface area contributed by atoms with Crippen LogP contribution in [0.3, 0.4) is 0 Å². The summed E-state index contributed by atoms with van der Waals surface area (Å²) in [5, 5.41) is 3.60. The number of hydrogen-bond acceptors (Lipinski definition) is 4. The Morgan fingerprint density at radius 1 is 1.35 bits per heavy atom. The maximum atomic E-state index is 11.2. The van der Waals surface area contributed by atoms with Crippen LogP contribution in [0, 0.1) is 17.8 Å². The first-order valence-corrected chi connectivity index (χ1v) is 8.41. The lowest BCUT2D eigenvalue weighted by Crippen LogP contribution is -2.25. The van der Waals surface area contributed by atoms with Crippen molar-refractivity contribution >= 4 is 17.3 Å². The first kappa shape index (κ1) is 14.1. The van der Waals surface area contributed by atoms with Crippen molar-refractivity contribution in [3.63, 3.8) is 0 Å². The predicted octanol–water partition coefficient (Wildman–Crippen LogP) is 2.99. The summed E-state index contributed by atoms with van der Waals surface area (Å²) in [6, 6.07) is 4.16. The molecular weight excluding hydrogens is 270 g/mol. The van der Waals surface area contributed by atoms with E-state index in [0.29, 0.717) is 6.42 Å². The number of hydrogen-bond donors (Lipinski definition) is 1. The number of carbonyl (C=O) groups is 1. The molecule has 20 heavy (non-hydrogen) atoms. The molecule has 3 rings (SSSR count). The molecule has 3 nitrogen and oxygen atoms in total. The molecule has 0 aliphatic heterocycles. The maximum Gasteiger partial charge on any atom is 0.310 e. The van der Waals surface area contributed by atoms with Crippen LogP contribution in [0.1, 0.15) is 35.4 Å². The zero-order valence-corrected chi connectivity index (χ0v) is 12.9. The minimum absolute atomic E-state index is 0.159. The SMILES string of the molecule is COC(=O)Cc1ccc(CNCC2CC3CCC2C3)s1. The summed E-state index contributed by atoms with van der Waals surface area (Å²) >= 11 is 1.71. The lowest BCUT2D eigenvalue weighted by atomic mass is 9.89. The van der Waals surface area contributed by atoms with Gasteiger partial charge < -0.3 is 10.1 Å². The Hall–Kier alpha value is -0.870. The van der Waals surface area contributed by atoms with E-state index in [0.717, 1.165) is 35.7 Å². The minimum atomic E-state index is -0.159. The quantitative estimate of drug-likeness (QED) is 0.819. The van der Waals surface area contributed by atoms with Gasteiger partial charge in [-0.1, -0.05) is 6.42 Å². The summed E-state index contributed by atoms with van der Waals surface area (Å²) in [6.07, 6.45) is 6.25. The highest BCUT2D eigenvalue weighted by Crippen LogP contribution is 2.47. The van der Waals surface area contributed by atoms with Gasteiger partial charge in [0.25, 0.3) is 0 Å². The van der Waals surface area contributed by atoms with Gasteiger partial charge in [0.1, 0.15) is 0 Å². The fraction of sp³-hybridized carbons (Fsp3) is 0.688. The van der Waals surface area contributed by atoms with Crippen LogP contribution in [-0.2, 0) is 22.5 Å². The van der Waals surface area contributed by atoms with Crippen LogP contribution >= 0.6 is 11.3 Å². The Morgan fingerprint density at radius 2 is 2.20 bits per heavy atom. The van der Waals surface area contributed by atoms with Crippen molar-refractivity contribution in [3.8, 4) is 0 Å². The van der Waals surface area contributed by atoms with Gasteiger partial charge in [-0.3, -0.25) is 4.79 Å². The van der Waals surface area contributed by atoms with Crippen LogP contribution in [-0.4, -0.2) is 19.6 Å². The van der Waals surface area contributed by atoms with Crippen LogP contribution in [0.25, 0.3) is 0 Å². The standard InChI is InChI=1S/C16H23NO2S/c1-19-16(18)8-14-4-5-15(20-14)10-17-9-13-7-11-2-3-12(13)6-11/h4-5,11-13,17H,2-3,6-10H2,1H3. The van der Waals surface area contributed by atoms with Gasteiger partial charge in [-0.15, -0.1) is 11.3 Å². The lowest BCUT2D eigenvalue weighted by Gasteiger charge is -2.21. The topological polar surface area (TPSA) is 38.3 Å². The number of methoxy groups -OCH3 is 1. The molecule has 0 aromatic carbocycles. The molecule has 2 aliphatic rings. The maximum absolute atomic E-state index is 11.2. The van der Waals surface area contributed by atoms with Gasteiger partial charge in [0.05, 0.1) is 13.5 Å². The number of esters is 1. The third-order valence-corrected chi connectivity index (χ3v) is 5.94. The van der Waals surface area contributed by atoms with E-state index < -0.39 is 0 Å². The van der Waals surface area contributed by atoms with Gasteiger partial charge in [-0.2, -0.15) is 0 Å². The normalized spacial score (nSPS) is 27.9. The first-order chi connectivity index (χ1) is 9.74. The molecule has 2 bridgehead atoms. The van der Waals surface area contributed by atoms with Gasteiger partial charge >= 0.3 is 5.97 Å². The molecule has 1 N–H and O–H groups in total. The number of thiophene rings is 1. The van der Waals surface area contributed by atoms with E-state index >= 15 is 0 Å². The van der Waals surface area contributed by atoms with Crippen molar-refractivity contribution < 1.29 is 9.53 Å². The molecule has 2 aliphatic carbocycles. The van der Waals surface area contributed by atoms with Crippen LogP contribution in [0.2, 0.25) is 0 Å². The van der Waals surface area contributed by atoms with Crippen molar-refractivity contribution in [2.45, 2.75) is 38.6 Å². The molecule has 3 atom stereocenters. The van der Waals surface area contributed by atoms with Gasteiger partial charge in [0, 0.05) is 16.3 Å². The van der Waals surface area contributed by atoms with Crippen molar-refractivity contribution in [1.29, 1.82) is 0 Å². The molecule has 4 heteroatoms. The summed E-state index contributed by atoms with van der Waals surface area (Å²) in [6.45, 7) is 2.09. The van der Waals surface area contributed by atoms with E-state index in [4.69, 9.17) is 4.74 Å². The highest BCUT2D eigenvalue weighted by Gasteiger charge is 2.38. The average Bonchev–Trinajstić information content (AvgIpc) is 3.15. The molecule has 0 spiro atoms. The number of nitrogens with one attached hydrogen (secondary N) is 1. The Kier molecular flexibility index (Phi) is 4.41. The number of ether oxygens (including phenoxy) is 1. The van der Waals surface area contributed by atoms with Crippen LogP contribution in [0.4, 0.5) is 0 Å². The predicted molar refractivity (Wildman–Crippen MR) is 80.7 cm³/mol. The van der Waals surface area contributed by atoms with Gasteiger partial charge in [0.2, 0.25) is 0 Å². The van der Waals surface area contributed by atoms with E-state index in [2.05, 4.69) is 11.4 Å². The van der Waals surface area contributed by atoms with E-state index in [-0.39, 0.29) is 5.97 Å².